The highest BCUT2D eigenvalue weighted by Crippen LogP contribution is 2.22. The molecule has 3 heteroatoms. The van der Waals surface area contributed by atoms with E-state index < -0.39 is 6.10 Å². The minimum absolute atomic E-state index is 0.00241. The number of rotatable bonds is 5. The first-order chi connectivity index (χ1) is 7.65. The van der Waals surface area contributed by atoms with Crippen molar-refractivity contribution in [1.29, 1.82) is 0 Å². The molecule has 0 amide bonds. The molecule has 0 fully saturated rings. The second-order valence-electron chi connectivity index (χ2n) is 3.78. The van der Waals surface area contributed by atoms with Crippen LogP contribution in [0.15, 0.2) is 30.3 Å². The summed E-state index contributed by atoms with van der Waals surface area (Å²) in [7, 11) is 0. The first-order valence-corrected chi connectivity index (χ1v) is 6.52. The number of hydrogen-bond acceptors (Lipinski definition) is 3. The highest BCUT2D eigenvalue weighted by molar-refractivity contribution is 8.13. The Morgan fingerprint density at radius 2 is 2.00 bits per heavy atom. The Morgan fingerprint density at radius 1 is 1.38 bits per heavy atom. The minimum Gasteiger partial charge on any atom is -0.392 e. The lowest BCUT2D eigenvalue weighted by molar-refractivity contribution is -0.112. The van der Waals surface area contributed by atoms with Gasteiger partial charge in [0, 0.05) is 12.3 Å². The Labute approximate surface area is 101 Å². The molecule has 16 heavy (non-hydrogen) atoms. The molecule has 1 rings (SSSR count). The van der Waals surface area contributed by atoms with Gasteiger partial charge in [0.1, 0.15) is 0 Å². The zero-order valence-corrected chi connectivity index (χ0v) is 10.5. The van der Waals surface area contributed by atoms with Crippen LogP contribution in [0, 0.1) is 0 Å². The normalized spacial score (nSPS) is 14.4. The smallest absolute Gasteiger partial charge is 0.191 e. The fourth-order valence-electron chi connectivity index (χ4n) is 1.55. The molecule has 0 aliphatic rings. The van der Waals surface area contributed by atoms with Crippen LogP contribution in [0.4, 0.5) is 0 Å². The molecule has 0 aromatic heterocycles. The number of benzene rings is 1. The molecule has 2 atom stereocenters. The van der Waals surface area contributed by atoms with E-state index in [0.717, 1.165) is 11.3 Å². The van der Waals surface area contributed by atoms with E-state index in [1.165, 1.54) is 11.8 Å². The maximum atomic E-state index is 11.4. The highest BCUT2D eigenvalue weighted by Gasteiger charge is 2.19. The van der Waals surface area contributed by atoms with Gasteiger partial charge in [0.25, 0.3) is 0 Å². The fraction of sp³-hybridized carbons (Fsp3) is 0.462. The molecule has 0 saturated heterocycles. The molecule has 0 bridgehead atoms. The van der Waals surface area contributed by atoms with Gasteiger partial charge >= 0.3 is 0 Å². The zero-order chi connectivity index (χ0) is 12.0. The van der Waals surface area contributed by atoms with Gasteiger partial charge in [0.05, 0.1) is 6.10 Å². The van der Waals surface area contributed by atoms with Crippen LogP contribution in [-0.2, 0) is 4.79 Å². The van der Waals surface area contributed by atoms with E-state index in [1.807, 2.05) is 44.2 Å². The van der Waals surface area contributed by atoms with Gasteiger partial charge in [-0.1, -0.05) is 55.9 Å². The van der Waals surface area contributed by atoms with Crippen LogP contribution in [0.25, 0.3) is 0 Å². The van der Waals surface area contributed by atoms with Gasteiger partial charge in [0.2, 0.25) is 0 Å². The summed E-state index contributed by atoms with van der Waals surface area (Å²) in [6.45, 7) is 3.89. The molecular weight excluding hydrogens is 220 g/mol. The molecule has 0 aliphatic carbocycles. The van der Waals surface area contributed by atoms with E-state index in [9.17, 15) is 9.90 Å². The van der Waals surface area contributed by atoms with Gasteiger partial charge < -0.3 is 5.11 Å². The van der Waals surface area contributed by atoms with Crippen molar-refractivity contribution in [2.45, 2.75) is 32.3 Å². The van der Waals surface area contributed by atoms with Crippen LogP contribution in [0.1, 0.15) is 31.7 Å². The molecule has 0 radical (unpaired) electrons. The van der Waals surface area contributed by atoms with Gasteiger partial charge in [-0.15, -0.1) is 0 Å². The minimum atomic E-state index is -0.589. The molecular formula is C13H18O2S. The quantitative estimate of drug-likeness (QED) is 0.857. The summed E-state index contributed by atoms with van der Waals surface area (Å²) in [6, 6.07) is 9.79. The molecule has 1 aromatic carbocycles. The summed E-state index contributed by atoms with van der Waals surface area (Å²) in [5, 5.41) is 10.0. The van der Waals surface area contributed by atoms with E-state index in [4.69, 9.17) is 0 Å². The van der Waals surface area contributed by atoms with Gasteiger partial charge in [-0.3, -0.25) is 4.79 Å². The third-order valence-electron chi connectivity index (χ3n) is 2.58. The monoisotopic (exact) mass is 238 g/mol. The van der Waals surface area contributed by atoms with Crippen molar-refractivity contribution in [3.05, 3.63) is 35.9 Å². The summed E-state index contributed by atoms with van der Waals surface area (Å²) < 4.78 is 0. The first kappa shape index (κ1) is 13.3. The van der Waals surface area contributed by atoms with E-state index in [2.05, 4.69) is 0 Å². The van der Waals surface area contributed by atoms with Gasteiger partial charge in [-0.05, 0) is 11.3 Å². The molecule has 0 unspecified atom stereocenters. The van der Waals surface area contributed by atoms with E-state index >= 15 is 0 Å². The van der Waals surface area contributed by atoms with Crippen molar-refractivity contribution < 1.29 is 9.90 Å². The average molecular weight is 238 g/mol. The molecule has 88 valence electrons. The van der Waals surface area contributed by atoms with Crippen molar-refractivity contribution in [1.82, 2.24) is 0 Å². The number of hydrogen-bond donors (Lipinski definition) is 1. The summed E-state index contributed by atoms with van der Waals surface area (Å²) in [6.07, 6.45) is -0.358. The molecule has 0 spiro atoms. The van der Waals surface area contributed by atoms with Crippen LogP contribution in [-0.4, -0.2) is 22.1 Å². The van der Waals surface area contributed by atoms with Gasteiger partial charge in [-0.2, -0.15) is 0 Å². The number of aliphatic hydroxyl groups is 1. The number of thioether (sulfide) groups is 1. The van der Waals surface area contributed by atoms with Crippen molar-refractivity contribution in [2.24, 2.45) is 0 Å². The fourth-order valence-corrected chi connectivity index (χ4v) is 2.16. The highest BCUT2D eigenvalue weighted by atomic mass is 32.2. The molecule has 1 N–H and O–H groups in total. The van der Waals surface area contributed by atoms with Crippen LogP contribution >= 0.6 is 11.8 Å². The number of carbonyl (C=O) groups excluding carboxylic acids is 1. The SMILES string of the molecule is CCSC(=O)C[C@@H](O)[C@H](C)c1ccccc1. The Hall–Kier alpha value is -0.800. The van der Waals surface area contributed by atoms with Crippen molar-refractivity contribution in [3.8, 4) is 0 Å². The van der Waals surface area contributed by atoms with Crippen LogP contribution < -0.4 is 0 Å². The maximum absolute atomic E-state index is 11.4. The molecule has 0 aliphatic heterocycles. The lowest BCUT2D eigenvalue weighted by Gasteiger charge is -2.18. The van der Waals surface area contributed by atoms with Gasteiger partial charge in [0.15, 0.2) is 5.12 Å². The van der Waals surface area contributed by atoms with Gasteiger partial charge in [-0.25, -0.2) is 0 Å². The predicted octanol–water partition coefficient (Wildman–Crippen LogP) is 2.82. The van der Waals surface area contributed by atoms with Crippen LogP contribution in [0.2, 0.25) is 0 Å². The Kier molecular flexibility index (Phi) is 5.56. The zero-order valence-electron chi connectivity index (χ0n) is 9.72. The summed E-state index contributed by atoms with van der Waals surface area (Å²) in [4.78, 5) is 11.4. The van der Waals surface area contributed by atoms with E-state index in [-0.39, 0.29) is 17.5 Å². The van der Waals surface area contributed by atoms with E-state index in [0.29, 0.717) is 0 Å². The average Bonchev–Trinajstić information content (AvgIpc) is 2.29. The third kappa shape index (κ3) is 3.99. The molecule has 2 nitrogen and oxygen atoms in total. The number of carbonyl (C=O) groups is 1. The second kappa shape index (κ2) is 6.71. The number of aliphatic hydroxyl groups excluding tert-OH is 1. The maximum Gasteiger partial charge on any atom is 0.191 e. The third-order valence-corrected chi connectivity index (χ3v) is 3.36. The lowest BCUT2D eigenvalue weighted by Crippen LogP contribution is -2.19. The van der Waals surface area contributed by atoms with E-state index in [1.54, 1.807) is 0 Å². The Bertz CT molecular complexity index is 324. The van der Waals surface area contributed by atoms with Crippen molar-refractivity contribution in [2.75, 3.05) is 5.75 Å². The van der Waals surface area contributed by atoms with Crippen molar-refractivity contribution >= 4 is 16.9 Å². The molecule has 0 heterocycles. The van der Waals surface area contributed by atoms with Crippen LogP contribution in [0.3, 0.4) is 0 Å². The standard InChI is InChI=1S/C13H18O2S/c1-3-16-13(15)9-12(14)10(2)11-7-5-4-6-8-11/h4-8,10,12,14H,3,9H2,1-2H3/t10-,12-/m1/s1. The Balaban J connectivity index is 2.54. The van der Waals surface area contributed by atoms with Crippen molar-refractivity contribution in [3.63, 3.8) is 0 Å². The predicted molar refractivity (Wildman–Crippen MR) is 68.6 cm³/mol. The lowest BCUT2D eigenvalue weighted by atomic mass is 9.94. The first-order valence-electron chi connectivity index (χ1n) is 5.53. The topological polar surface area (TPSA) is 37.3 Å². The second-order valence-corrected chi connectivity index (χ2v) is 5.10. The Morgan fingerprint density at radius 3 is 2.56 bits per heavy atom. The molecule has 0 saturated carbocycles. The summed E-state index contributed by atoms with van der Waals surface area (Å²) >= 11 is 1.27. The summed E-state index contributed by atoms with van der Waals surface area (Å²) in [5.41, 5.74) is 1.07. The summed E-state index contributed by atoms with van der Waals surface area (Å²) in [5.74, 6) is 0.772. The van der Waals surface area contributed by atoms with Crippen LogP contribution in [0.5, 0.6) is 0 Å². The molecule has 1 aromatic rings. The largest absolute Gasteiger partial charge is 0.392 e.